The highest BCUT2D eigenvalue weighted by Crippen LogP contribution is 2.27. The summed E-state index contributed by atoms with van der Waals surface area (Å²) in [6.07, 6.45) is 1.74. The minimum atomic E-state index is -3.38. The van der Waals surface area contributed by atoms with E-state index in [1.165, 1.54) is 11.3 Å². The van der Waals surface area contributed by atoms with Crippen molar-refractivity contribution in [3.05, 3.63) is 17.0 Å². The van der Waals surface area contributed by atoms with Crippen LogP contribution in [0, 0.1) is 0 Å². The summed E-state index contributed by atoms with van der Waals surface area (Å²) < 4.78 is 33.0. The van der Waals surface area contributed by atoms with Crippen molar-refractivity contribution in [3.8, 4) is 0 Å². The number of nitrogens with one attached hydrogen (secondary N) is 2. The van der Waals surface area contributed by atoms with Gasteiger partial charge in [-0.2, -0.15) is 0 Å². The Hall–Kier alpha value is -0.470. The van der Waals surface area contributed by atoms with E-state index < -0.39 is 10.0 Å². The Morgan fingerprint density at radius 2 is 2.15 bits per heavy atom. The van der Waals surface area contributed by atoms with Crippen molar-refractivity contribution in [2.45, 2.75) is 49.6 Å². The third kappa shape index (κ3) is 4.02. The van der Waals surface area contributed by atoms with Crippen LogP contribution >= 0.6 is 11.3 Å². The summed E-state index contributed by atoms with van der Waals surface area (Å²) in [5, 5.41) is 5.08. The zero-order chi connectivity index (χ0) is 14.6. The summed E-state index contributed by atoms with van der Waals surface area (Å²) >= 11 is 1.27. The van der Waals surface area contributed by atoms with Gasteiger partial charge in [-0.25, -0.2) is 13.1 Å². The Labute approximate surface area is 124 Å². The summed E-state index contributed by atoms with van der Waals surface area (Å²) in [5.74, 6) is 0. The lowest BCUT2D eigenvalue weighted by molar-refractivity contribution is -0.00474. The Kier molecular flexibility index (Phi) is 5.57. The van der Waals surface area contributed by atoms with E-state index in [9.17, 15) is 8.42 Å². The Morgan fingerprint density at radius 3 is 2.80 bits per heavy atom. The molecule has 0 aromatic carbocycles. The fourth-order valence-electron chi connectivity index (χ4n) is 2.17. The molecule has 114 valence electrons. The Morgan fingerprint density at radius 1 is 1.40 bits per heavy atom. The molecule has 1 aromatic rings. The molecule has 1 fully saturated rings. The van der Waals surface area contributed by atoms with Gasteiger partial charge in [0, 0.05) is 19.2 Å². The van der Waals surface area contributed by atoms with E-state index in [0.29, 0.717) is 17.4 Å². The quantitative estimate of drug-likeness (QED) is 0.765. The molecule has 5 nitrogen and oxygen atoms in total. The van der Waals surface area contributed by atoms with Gasteiger partial charge in [-0.15, -0.1) is 11.3 Å². The zero-order valence-electron chi connectivity index (χ0n) is 11.9. The highest BCUT2D eigenvalue weighted by molar-refractivity contribution is 7.91. The van der Waals surface area contributed by atoms with Gasteiger partial charge in [0.25, 0.3) is 0 Å². The molecule has 0 atom stereocenters. The van der Waals surface area contributed by atoms with E-state index >= 15 is 0 Å². The predicted octanol–water partition coefficient (Wildman–Crippen LogP) is 1.70. The van der Waals surface area contributed by atoms with Gasteiger partial charge < -0.3 is 10.1 Å². The zero-order valence-corrected chi connectivity index (χ0v) is 13.5. The fourth-order valence-corrected chi connectivity index (χ4v) is 4.65. The van der Waals surface area contributed by atoms with Crippen molar-refractivity contribution in [3.63, 3.8) is 0 Å². The van der Waals surface area contributed by atoms with E-state index in [-0.39, 0.29) is 12.1 Å². The number of sulfonamides is 1. The number of rotatable bonds is 8. The number of ether oxygens (including phenoxy) is 1. The first-order valence-electron chi connectivity index (χ1n) is 6.97. The van der Waals surface area contributed by atoms with Crippen LogP contribution in [0.25, 0.3) is 0 Å². The molecule has 0 spiro atoms. The van der Waals surface area contributed by atoms with Gasteiger partial charge in [-0.1, -0.05) is 6.92 Å². The van der Waals surface area contributed by atoms with Crippen molar-refractivity contribution in [2.75, 3.05) is 13.2 Å². The van der Waals surface area contributed by atoms with Crippen LogP contribution in [-0.4, -0.2) is 33.7 Å². The molecule has 0 saturated heterocycles. The van der Waals surface area contributed by atoms with Crippen molar-refractivity contribution in [1.82, 2.24) is 10.0 Å². The van der Waals surface area contributed by atoms with Gasteiger partial charge in [0.1, 0.15) is 4.21 Å². The molecule has 2 rings (SSSR count). The lowest BCUT2D eigenvalue weighted by Crippen LogP contribution is -2.47. The summed E-state index contributed by atoms with van der Waals surface area (Å²) in [6, 6.07) is 1.75. The molecular weight excluding hydrogens is 296 g/mol. The molecule has 1 saturated carbocycles. The second kappa shape index (κ2) is 7.00. The van der Waals surface area contributed by atoms with E-state index in [0.717, 1.165) is 24.9 Å². The van der Waals surface area contributed by atoms with Crippen LogP contribution in [-0.2, 0) is 21.3 Å². The maximum absolute atomic E-state index is 12.2. The standard InChI is InChI=1S/C13H22N2O3S2/c1-3-14-8-10-5-13(19-9-10)20(16,17)15-11-6-12(7-11)18-4-2/h5,9,11-12,14-15H,3-4,6-8H2,1-2H3. The largest absolute Gasteiger partial charge is 0.378 e. The van der Waals surface area contributed by atoms with Crippen molar-refractivity contribution in [2.24, 2.45) is 0 Å². The summed E-state index contributed by atoms with van der Waals surface area (Å²) in [5.41, 5.74) is 1.01. The summed E-state index contributed by atoms with van der Waals surface area (Å²) in [7, 11) is -3.38. The topological polar surface area (TPSA) is 67.4 Å². The Balaban J connectivity index is 1.89. The molecule has 7 heteroatoms. The van der Waals surface area contributed by atoms with E-state index in [4.69, 9.17) is 4.74 Å². The van der Waals surface area contributed by atoms with E-state index in [2.05, 4.69) is 10.0 Å². The molecule has 0 aliphatic heterocycles. The van der Waals surface area contributed by atoms with Crippen LogP contribution in [0.2, 0.25) is 0 Å². The third-order valence-electron chi connectivity index (χ3n) is 3.29. The van der Waals surface area contributed by atoms with Gasteiger partial charge >= 0.3 is 0 Å². The normalized spacial score (nSPS) is 22.7. The lowest BCUT2D eigenvalue weighted by Gasteiger charge is -2.34. The SMILES string of the molecule is CCNCc1csc(S(=O)(=O)NC2CC(OCC)C2)c1. The van der Waals surface area contributed by atoms with Crippen molar-refractivity contribution in [1.29, 1.82) is 0 Å². The molecule has 0 unspecified atom stereocenters. The molecule has 1 heterocycles. The molecule has 1 aromatic heterocycles. The fraction of sp³-hybridized carbons (Fsp3) is 0.692. The molecule has 0 bridgehead atoms. The van der Waals surface area contributed by atoms with Gasteiger partial charge in [0.05, 0.1) is 6.10 Å². The second-order valence-electron chi connectivity index (χ2n) is 4.92. The van der Waals surface area contributed by atoms with Crippen molar-refractivity contribution >= 4 is 21.4 Å². The number of hydrogen-bond acceptors (Lipinski definition) is 5. The average molecular weight is 318 g/mol. The van der Waals surface area contributed by atoms with Crippen LogP contribution in [0.3, 0.4) is 0 Å². The molecular formula is C13H22N2O3S2. The molecule has 1 aliphatic carbocycles. The van der Waals surface area contributed by atoms with E-state index in [1.807, 2.05) is 19.2 Å². The van der Waals surface area contributed by atoms with Crippen LogP contribution in [0.1, 0.15) is 32.3 Å². The van der Waals surface area contributed by atoms with Gasteiger partial charge in [-0.05, 0) is 43.3 Å². The van der Waals surface area contributed by atoms with Gasteiger partial charge in [-0.3, -0.25) is 0 Å². The highest BCUT2D eigenvalue weighted by Gasteiger charge is 2.33. The lowest BCUT2D eigenvalue weighted by atomic mass is 9.90. The van der Waals surface area contributed by atoms with Crippen molar-refractivity contribution < 1.29 is 13.2 Å². The first-order chi connectivity index (χ1) is 9.55. The molecule has 0 amide bonds. The maximum Gasteiger partial charge on any atom is 0.250 e. The predicted molar refractivity (Wildman–Crippen MR) is 80.5 cm³/mol. The highest BCUT2D eigenvalue weighted by atomic mass is 32.2. The molecule has 1 aliphatic rings. The summed E-state index contributed by atoms with van der Waals surface area (Å²) in [6.45, 7) is 6.24. The summed E-state index contributed by atoms with van der Waals surface area (Å²) in [4.78, 5) is 0. The molecule has 0 radical (unpaired) electrons. The molecule has 20 heavy (non-hydrogen) atoms. The van der Waals surface area contributed by atoms with Crippen LogP contribution in [0.4, 0.5) is 0 Å². The van der Waals surface area contributed by atoms with Crippen LogP contribution in [0.15, 0.2) is 15.7 Å². The number of thiophene rings is 1. The van der Waals surface area contributed by atoms with Crippen LogP contribution < -0.4 is 10.0 Å². The minimum absolute atomic E-state index is 0.0101. The second-order valence-corrected chi connectivity index (χ2v) is 7.77. The van der Waals surface area contributed by atoms with Gasteiger partial charge in [0.15, 0.2) is 0 Å². The minimum Gasteiger partial charge on any atom is -0.378 e. The third-order valence-corrected chi connectivity index (χ3v) is 6.30. The maximum atomic E-state index is 12.2. The average Bonchev–Trinajstić information content (AvgIpc) is 2.83. The van der Waals surface area contributed by atoms with E-state index in [1.54, 1.807) is 6.07 Å². The van der Waals surface area contributed by atoms with Gasteiger partial charge in [0.2, 0.25) is 10.0 Å². The van der Waals surface area contributed by atoms with Crippen LogP contribution in [0.5, 0.6) is 0 Å². The number of hydrogen-bond donors (Lipinski definition) is 2. The smallest absolute Gasteiger partial charge is 0.250 e. The monoisotopic (exact) mass is 318 g/mol. The first-order valence-corrected chi connectivity index (χ1v) is 9.33. The Bertz CT molecular complexity index is 521. The first kappa shape index (κ1) is 15.9. The molecule has 2 N–H and O–H groups in total.